The molecule has 0 saturated heterocycles. The van der Waals surface area contributed by atoms with E-state index in [2.05, 4.69) is 48.9 Å². The molecule has 0 saturated carbocycles. The van der Waals surface area contributed by atoms with Gasteiger partial charge in [0.05, 0.1) is 26.3 Å². The van der Waals surface area contributed by atoms with Gasteiger partial charge in [-0.05, 0) is 52.7 Å². The topological polar surface area (TPSA) is 74.1 Å². The van der Waals surface area contributed by atoms with Gasteiger partial charge in [0.1, 0.15) is 11.5 Å². The van der Waals surface area contributed by atoms with Crippen LogP contribution in [0.2, 0.25) is 0 Å². The first-order valence-electron chi connectivity index (χ1n) is 8.21. The molecule has 3 aromatic rings. The van der Waals surface area contributed by atoms with E-state index in [-0.39, 0.29) is 12.1 Å². The van der Waals surface area contributed by atoms with Crippen molar-refractivity contribution in [1.29, 1.82) is 0 Å². The van der Waals surface area contributed by atoms with E-state index >= 15 is 0 Å². The lowest BCUT2D eigenvalue weighted by Crippen LogP contribution is -2.28. The second-order valence-electron chi connectivity index (χ2n) is 6.06. The van der Waals surface area contributed by atoms with Crippen molar-refractivity contribution in [2.75, 3.05) is 19.5 Å². The number of nitrogens with zero attached hydrogens (tertiary/aromatic N) is 4. The van der Waals surface area contributed by atoms with Gasteiger partial charge in [0.25, 0.3) is 0 Å². The van der Waals surface area contributed by atoms with Gasteiger partial charge in [0.2, 0.25) is 5.95 Å². The Kier molecular flexibility index (Phi) is 4.50. The van der Waals surface area contributed by atoms with Crippen LogP contribution in [0.5, 0.6) is 11.5 Å². The SMILES string of the molecule is COc1ccc(OC)c([C@H]2C[C@@H](c3cccc(Br)c3)Nc3nnnn32)c1. The molecule has 0 unspecified atom stereocenters. The second-order valence-corrected chi connectivity index (χ2v) is 6.97. The monoisotopic (exact) mass is 415 g/mol. The van der Waals surface area contributed by atoms with E-state index in [1.165, 1.54) is 5.56 Å². The number of benzene rings is 2. The molecular weight excluding hydrogens is 398 g/mol. The third kappa shape index (κ3) is 3.01. The van der Waals surface area contributed by atoms with Gasteiger partial charge in [-0.25, -0.2) is 4.68 Å². The number of anilines is 1. The van der Waals surface area contributed by atoms with Crippen LogP contribution in [0.1, 0.15) is 29.6 Å². The normalized spacial score (nSPS) is 18.7. The van der Waals surface area contributed by atoms with Gasteiger partial charge >= 0.3 is 0 Å². The van der Waals surface area contributed by atoms with Gasteiger partial charge in [-0.15, -0.1) is 0 Å². The van der Waals surface area contributed by atoms with Crippen LogP contribution >= 0.6 is 15.9 Å². The Balaban J connectivity index is 1.79. The Labute approximate surface area is 159 Å². The molecule has 8 heteroatoms. The molecule has 2 atom stereocenters. The Hall–Kier alpha value is -2.61. The fraction of sp³-hybridized carbons (Fsp3) is 0.278. The van der Waals surface area contributed by atoms with Crippen LogP contribution < -0.4 is 14.8 Å². The maximum atomic E-state index is 5.58. The molecular formula is C18H18BrN5O2. The van der Waals surface area contributed by atoms with Crippen molar-refractivity contribution in [2.24, 2.45) is 0 Å². The third-order valence-corrected chi connectivity index (χ3v) is 5.09. The van der Waals surface area contributed by atoms with E-state index in [1.54, 1.807) is 18.9 Å². The molecule has 0 amide bonds. The predicted octanol–water partition coefficient (Wildman–Crippen LogP) is 3.60. The molecule has 2 heterocycles. The lowest BCUT2D eigenvalue weighted by Gasteiger charge is -2.31. The first kappa shape index (κ1) is 16.8. The molecule has 7 nitrogen and oxygen atoms in total. The van der Waals surface area contributed by atoms with Gasteiger partial charge in [0.15, 0.2) is 0 Å². The quantitative estimate of drug-likeness (QED) is 0.701. The van der Waals surface area contributed by atoms with Crippen LogP contribution in [0.4, 0.5) is 5.95 Å². The average Bonchev–Trinajstić information content (AvgIpc) is 3.15. The van der Waals surface area contributed by atoms with Crippen LogP contribution in [0, 0.1) is 0 Å². The first-order chi connectivity index (χ1) is 12.7. The van der Waals surface area contributed by atoms with Gasteiger partial charge < -0.3 is 14.8 Å². The molecule has 0 aliphatic carbocycles. The van der Waals surface area contributed by atoms with Crippen LogP contribution in [0.3, 0.4) is 0 Å². The molecule has 0 spiro atoms. The number of methoxy groups -OCH3 is 2. The summed E-state index contributed by atoms with van der Waals surface area (Å²) in [6, 6.07) is 14.0. The van der Waals surface area contributed by atoms with E-state index in [9.17, 15) is 0 Å². The predicted molar refractivity (Wildman–Crippen MR) is 101 cm³/mol. The first-order valence-corrected chi connectivity index (χ1v) is 9.00. The molecule has 4 rings (SSSR count). The van der Waals surface area contributed by atoms with E-state index in [4.69, 9.17) is 9.47 Å². The zero-order valence-corrected chi connectivity index (χ0v) is 16.0. The standard InChI is InChI=1S/C18H18BrN5O2/c1-25-13-6-7-17(26-2)14(9-13)16-10-15(11-4-3-5-12(19)8-11)20-18-21-22-23-24(16)18/h3-9,15-16H,10H2,1-2H3,(H,20,21,23)/t15-,16+/m0/s1. The van der Waals surface area contributed by atoms with E-state index in [1.807, 2.05) is 30.3 Å². The fourth-order valence-electron chi connectivity index (χ4n) is 3.34. The number of ether oxygens (including phenoxy) is 2. The van der Waals surface area contributed by atoms with Gasteiger partial charge in [0, 0.05) is 10.0 Å². The van der Waals surface area contributed by atoms with Crippen molar-refractivity contribution in [3.8, 4) is 11.5 Å². The Morgan fingerprint density at radius 2 is 2.04 bits per heavy atom. The number of aromatic nitrogens is 4. The number of rotatable bonds is 4. The van der Waals surface area contributed by atoms with Crippen molar-refractivity contribution in [3.05, 3.63) is 58.1 Å². The summed E-state index contributed by atoms with van der Waals surface area (Å²) in [5, 5.41) is 15.6. The number of hydrogen-bond donors (Lipinski definition) is 1. The van der Waals surface area contributed by atoms with Crippen molar-refractivity contribution in [1.82, 2.24) is 20.2 Å². The van der Waals surface area contributed by atoms with Gasteiger partial charge in [-0.1, -0.05) is 33.2 Å². The van der Waals surface area contributed by atoms with Crippen LogP contribution in [-0.4, -0.2) is 34.4 Å². The molecule has 1 aliphatic heterocycles. The summed E-state index contributed by atoms with van der Waals surface area (Å²) < 4.78 is 13.8. The molecule has 1 aromatic heterocycles. The minimum absolute atomic E-state index is 0.0738. The van der Waals surface area contributed by atoms with Crippen molar-refractivity contribution in [2.45, 2.75) is 18.5 Å². The number of hydrogen-bond acceptors (Lipinski definition) is 6. The highest BCUT2D eigenvalue weighted by Gasteiger charge is 2.32. The number of fused-ring (bicyclic) bond motifs is 1. The summed E-state index contributed by atoms with van der Waals surface area (Å²) in [7, 11) is 3.32. The van der Waals surface area contributed by atoms with Crippen molar-refractivity contribution >= 4 is 21.9 Å². The number of halogens is 1. The summed E-state index contributed by atoms with van der Waals surface area (Å²) in [6.45, 7) is 0. The zero-order chi connectivity index (χ0) is 18.1. The lowest BCUT2D eigenvalue weighted by atomic mass is 9.92. The lowest BCUT2D eigenvalue weighted by molar-refractivity contribution is 0.371. The highest BCUT2D eigenvalue weighted by atomic mass is 79.9. The second kappa shape index (κ2) is 6.95. The molecule has 1 aliphatic rings. The molecule has 134 valence electrons. The summed E-state index contributed by atoms with van der Waals surface area (Å²) in [6.07, 6.45) is 0.776. The Morgan fingerprint density at radius 1 is 1.15 bits per heavy atom. The molecule has 26 heavy (non-hydrogen) atoms. The zero-order valence-electron chi connectivity index (χ0n) is 14.4. The summed E-state index contributed by atoms with van der Waals surface area (Å²) in [5.41, 5.74) is 2.15. The maximum absolute atomic E-state index is 5.58. The molecule has 0 bridgehead atoms. The van der Waals surface area contributed by atoms with Crippen molar-refractivity contribution in [3.63, 3.8) is 0 Å². The molecule has 0 radical (unpaired) electrons. The van der Waals surface area contributed by atoms with E-state index < -0.39 is 0 Å². The van der Waals surface area contributed by atoms with E-state index in [0.717, 1.165) is 28.0 Å². The van der Waals surface area contributed by atoms with Crippen molar-refractivity contribution < 1.29 is 9.47 Å². The molecule has 2 aromatic carbocycles. The van der Waals surface area contributed by atoms with Gasteiger partial charge in [-0.3, -0.25) is 0 Å². The largest absolute Gasteiger partial charge is 0.497 e. The van der Waals surface area contributed by atoms with Crippen LogP contribution in [0.15, 0.2) is 46.9 Å². The fourth-order valence-corrected chi connectivity index (χ4v) is 3.75. The Morgan fingerprint density at radius 3 is 2.81 bits per heavy atom. The maximum Gasteiger partial charge on any atom is 0.243 e. The highest BCUT2D eigenvalue weighted by molar-refractivity contribution is 9.10. The minimum Gasteiger partial charge on any atom is -0.497 e. The molecule has 0 fully saturated rings. The smallest absolute Gasteiger partial charge is 0.243 e. The third-order valence-electron chi connectivity index (χ3n) is 4.60. The summed E-state index contributed by atoms with van der Waals surface area (Å²) in [4.78, 5) is 0. The Bertz CT molecular complexity index is 929. The number of tetrazole rings is 1. The number of nitrogens with one attached hydrogen (secondary N) is 1. The molecule has 1 N–H and O–H groups in total. The van der Waals surface area contributed by atoms with Crippen LogP contribution in [-0.2, 0) is 0 Å². The minimum atomic E-state index is -0.0738. The van der Waals surface area contributed by atoms with E-state index in [0.29, 0.717) is 5.95 Å². The average molecular weight is 416 g/mol. The van der Waals surface area contributed by atoms with Crippen LogP contribution in [0.25, 0.3) is 0 Å². The summed E-state index contributed by atoms with van der Waals surface area (Å²) in [5.74, 6) is 2.19. The summed E-state index contributed by atoms with van der Waals surface area (Å²) >= 11 is 3.54. The van der Waals surface area contributed by atoms with Gasteiger partial charge in [-0.2, -0.15) is 0 Å². The highest BCUT2D eigenvalue weighted by Crippen LogP contribution is 2.41.